The highest BCUT2D eigenvalue weighted by Gasteiger charge is 2.41. The Kier molecular flexibility index (Phi) is 6.95. The number of likely N-dealkylation sites (tertiary alicyclic amines) is 1. The minimum Gasteiger partial charge on any atom is -0.462 e. The molecule has 0 bridgehead atoms. The quantitative estimate of drug-likeness (QED) is 0.414. The van der Waals surface area contributed by atoms with Crippen molar-refractivity contribution in [2.45, 2.75) is 38.7 Å². The average Bonchev–Trinajstić information content (AvgIpc) is 3.11. The first kappa shape index (κ1) is 23.5. The third-order valence-corrected chi connectivity index (χ3v) is 6.17. The number of rotatable bonds is 5. The molecule has 0 atom stereocenters. The van der Waals surface area contributed by atoms with Gasteiger partial charge in [-0.15, -0.1) is 11.3 Å². The van der Waals surface area contributed by atoms with Crippen molar-refractivity contribution in [2.75, 3.05) is 19.7 Å². The summed E-state index contributed by atoms with van der Waals surface area (Å²) in [5.74, 6) is -1.95. The summed E-state index contributed by atoms with van der Waals surface area (Å²) in [4.78, 5) is 18.8. The highest BCUT2D eigenvalue weighted by molar-refractivity contribution is 7.17. The van der Waals surface area contributed by atoms with Gasteiger partial charge in [0.15, 0.2) is 0 Å². The number of alkyl halides is 6. The minimum absolute atomic E-state index is 0.0336. The fraction of sp³-hybridized carbons (Fsp3) is 0.500. The number of piperidine rings is 1. The van der Waals surface area contributed by atoms with Gasteiger partial charge >= 0.3 is 18.3 Å². The van der Waals surface area contributed by atoms with Crippen molar-refractivity contribution in [1.82, 2.24) is 9.88 Å². The Morgan fingerprint density at radius 2 is 1.74 bits per heavy atom. The summed E-state index contributed by atoms with van der Waals surface area (Å²) in [7, 11) is 0. The van der Waals surface area contributed by atoms with Gasteiger partial charge < -0.3 is 4.74 Å². The van der Waals surface area contributed by atoms with Crippen LogP contribution in [0.5, 0.6) is 0 Å². The Balaban J connectivity index is 1.81. The van der Waals surface area contributed by atoms with Crippen LogP contribution in [0.2, 0.25) is 0 Å². The van der Waals surface area contributed by atoms with E-state index >= 15 is 0 Å². The van der Waals surface area contributed by atoms with E-state index in [9.17, 15) is 31.1 Å². The van der Waals surface area contributed by atoms with E-state index in [1.54, 1.807) is 11.8 Å². The van der Waals surface area contributed by atoms with Crippen LogP contribution in [-0.4, -0.2) is 41.7 Å². The maximum absolute atomic E-state index is 12.9. The van der Waals surface area contributed by atoms with Crippen molar-refractivity contribution in [1.29, 1.82) is 0 Å². The summed E-state index contributed by atoms with van der Waals surface area (Å²) in [6.07, 6.45) is -8.76. The molecule has 1 aromatic carbocycles. The Bertz CT molecular complexity index is 900. The molecule has 1 aromatic heterocycles. The summed E-state index contributed by atoms with van der Waals surface area (Å²) >= 11 is 0.994. The molecule has 0 radical (unpaired) electrons. The van der Waals surface area contributed by atoms with Crippen molar-refractivity contribution in [2.24, 2.45) is 5.92 Å². The number of ether oxygens (including phenoxy) is 1. The van der Waals surface area contributed by atoms with Crippen LogP contribution in [0.25, 0.3) is 10.6 Å². The number of halogens is 6. The minimum atomic E-state index is -4.47. The highest BCUT2D eigenvalue weighted by Crippen LogP contribution is 2.36. The molecule has 0 amide bonds. The first-order valence-corrected chi connectivity index (χ1v) is 10.4. The van der Waals surface area contributed by atoms with Crippen molar-refractivity contribution >= 4 is 17.3 Å². The van der Waals surface area contributed by atoms with Gasteiger partial charge in [-0.1, -0.05) is 12.1 Å². The second kappa shape index (κ2) is 9.15. The van der Waals surface area contributed by atoms with Gasteiger partial charge in [0.1, 0.15) is 9.88 Å². The zero-order valence-corrected chi connectivity index (χ0v) is 17.3. The molecule has 170 valence electrons. The molecule has 1 aliphatic rings. The molecule has 0 spiro atoms. The first-order chi connectivity index (χ1) is 14.5. The topological polar surface area (TPSA) is 42.4 Å². The lowest BCUT2D eigenvalue weighted by molar-refractivity contribution is -0.185. The number of esters is 1. The van der Waals surface area contributed by atoms with E-state index in [0.717, 1.165) is 23.5 Å². The molecular formula is C20H20F6N2O2S. The number of thiazole rings is 1. The molecule has 3 rings (SSSR count). The normalized spacial score (nSPS) is 16.5. The molecular weight excluding hydrogens is 446 g/mol. The van der Waals surface area contributed by atoms with Gasteiger partial charge in [0.25, 0.3) is 0 Å². The van der Waals surface area contributed by atoms with Crippen LogP contribution in [0.15, 0.2) is 24.3 Å². The van der Waals surface area contributed by atoms with Crippen LogP contribution in [0.3, 0.4) is 0 Å². The van der Waals surface area contributed by atoms with Gasteiger partial charge in [-0.2, -0.15) is 26.3 Å². The Morgan fingerprint density at radius 1 is 1.13 bits per heavy atom. The second-order valence-corrected chi connectivity index (χ2v) is 8.18. The smallest absolute Gasteiger partial charge is 0.416 e. The number of nitrogens with zero attached hydrogens (tertiary/aromatic N) is 2. The largest absolute Gasteiger partial charge is 0.462 e. The summed E-state index contributed by atoms with van der Waals surface area (Å²) < 4.78 is 82.1. The third kappa shape index (κ3) is 5.76. The molecule has 11 heteroatoms. The van der Waals surface area contributed by atoms with E-state index in [2.05, 4.69) is 4.98 Å². The van der Waals surface area contributed by atoms with E-state index < -0.39 is 29.8 Å². The fourth-order valence-corrected chi connectivity index (χ4v) is 4.34. The molecule has 2 aromatic rings. The van der Waals surface area contributed by atoms with E-state index in [1.807, 2.05) is 0 Å². The van der Waals surface area contributed by atoms with Gasteiger partial charge in [-0.05, 0) is 45.0 Å². The fourth-order valence-electron chi connectivity index (χ4n) is 3.37. The molecule has 1 saturated heterocycles. The van der Waals surface area contributed by atoms with Gasteiger partial charge in [-0.3, -0.25) is 4.90 Å². The van der Waals surface area contributed by atoms with Crippen molar-refractivity contribution in [3.63, 3.8) is 0 Å². The maximum atomic E-state index is 12.9. The van der Waals surface area contributed by atoms with E-state index in [0.29, 0.717) is 16.3 Å². The lowest BCUT2D eigenvalue weighted by Crippen LogP contribution is -2.38. The maximum Gasteiger partial charge on any atom is 0.416 e. The standard InChI is InChI=1S/C20H20F6N2O2S/c1-2-30-18(29)16-15(11-28-9-7-14(8-10-28)20(24,25)26)27-17(31-16)12-3-5-13(6-4-12)19(21,22)23/h3-6,14H,2,7-11H2,1H3. The number of hydrogen-bond donors (Lipinski definition) is 0. The van der Waals surface area contributed by atoms with Crippen LogP contribution in [0.1, 0.15) is 40.7 Å². The molecule has 0 N–H and O–H groups in total. The van der Waals surface area contributed by atoms with E-state index in [-0.39, 0.29) is 44.0 Å². The zero-order valence-electron chi connectivity index (χ0n) is 16.5. The summed E-state index contributed by atoms with van der Waals surface area (Å²) in [6.45, 7) is 2.34. The van der Waals surface area contributed by atoms with Crippen molar-refractivity contribution in [3.05, 3.63) is 40.4 Å². The van der Waals surface area contributed by atoms with E-state index in [1.165, 1.54) is 12.1 Å². The van der Waals surface area contributed by atoms with Crippen LogP contribution < -0.4 is 0 Å². The van der Waals surface area contributed by atoms with Crippen molar-refractivity contribution < 1.29 is 35.9 Å². The molecule has 4 nitrogen and oxygen atoms in total. The molecule has 31 heavy (non-hydrogen) atoms. The highest BCUT2D eigenvalue weighted by atomic mass is 32.1. The molecule has 0 unspecified atom stereocenters. The van der Waals surface area contributed by atoms with Crippen LogP contribution in [-0.2, 0) is 17.5 Å². The number of carbonyl (C=O) groups excluding carboxylic acids is 1. The number of aromatic nitrogens is 1. The molecule has 2 heterocycles. The number of carbonyl (C=O) groups is 1. The van der Waals surface area contributed by atoms with Gasteiger partial charge in [-0.25, -0.2) is 9.78 Å². The molecule has 0 saturated carbocycles. The number of hydrogen-bond acceptors (Lipinski definition) is 5. The summed E-state index contributed by atoms with van der Waals surface area (Å²) in [5, 5.41) is 0.344. The summed E-state index contributed by atoms with van der Waals surface area (Å²) in [6, 6.07) is 4.41. The lowest BCUT2D eigenvalue weighted by Gasteiger charge is -2.32. The SMILES string of the molecule is CCOC(=O)c1sc(-c2ccc(C(F)(F)F)cc2)nc1CN1CCC(C(F)(F)F)CC1. The zero-order chi connectivity index (χ0) is 22.8. The summed E-state index contributed by atoms with van der Waals surface area (Å²) in [5.41, 5.74) is -0.0411. The third-order valence-electron chi connectivity index (χ3n) is 5.04. The Morgan fingerprint density at radius 3 is 2.26 bits per heavy atom. The predicted octanol–water partition coefficient (Wildman–Crippen LogP) is 5.78. The predicted molar refractivity (Wildman–Crippen MR) is 103 cm³/mol. The van der Waals surface area contributed by atoms with Gasteiger partial charge in [0, 0.05) is 12.1 Å². The lowest BCUT2D eigenvalue weighted by atomic mass is 9.96. The van der Waals surface area contributed by atoms with E-state index in [4.69, 9.17) is 4.74 Å². The number of benzene rings is 1. The first-order valence-electron chi connectivity index (χ1n) is 9.62. The van der Waals surface area contributed by atoms with Crippen LogP contribution >= 0.6 is 11.3 Å². The second-order valence-electron chi connectivity index (χ2n) is 7.18. The molecule has 1 aliphatic heterocycles. The Labute approximate surface area is 178 Å². The molecule has 0 aliphatic carbocycles. The van der Waals surface area contributed by atoms with Crippen LogP contribution in [0, 0.1) is 5.92 Å². The van der Waals surface area contributed by atoms with Crippen molar-refractivity contribution in [3.8, 4) is 10.6 Å². The van der Waals surface area contributed by atoms with Crippen LogP contribution in [0.4, 0.5) is 26.3 Å². The van der Waals surface area contributed by atoms with Gasteiger partial charge in [0.2, 0.25) is 0 Å². The monoisotopic (exact) mass is 466 g/mol. The Hall–Kier alpha value is -2.14. The average molecular weight is 466 g/mol. The molecule has 1 fully saturated rings. The van der Waals surface area contributed by atoms with Gasteiger partial charge in [0.05, 0.1) is 23.8 Å².